The number of hydrogen-bond acceptors (Lipinski definition) is 3. The lowest BCUT2D eigenvalue weighted by molar-refractivity contribution is 0.248. The van der Waals surface area contributed by atoms with Crippen molar-refractivity contribution in [3.8, 4) is 0 Å². The average Bonchev–Trinajstić information content (AvgIpc) is 2.53. The SMILES string of the molecule is C[C@H](CCc1ccccc1)NC(=O)Nc1ccc(S(C)(=O)=O)cc1. The van der Waals surface area contributed by atoms with Crippen molar-refractivity contribution in [2.75, 3.05) is 11.6 Å². The second kappa shape index (κ2) is 7.97. The fourth-order valence-corrected chi connectivity index (χ4v) is 2.91. The number of aryl methyl sites for hydroxylation is 1. The monoisotopic (exact) mass is 346 g/mol. The molecule has 0 unspecified atom stereocenters. The second-order valence-corrected chi connectivity index (χ2v) is 7.84. The molecule has 0 spiro atoms. The molecule has 0 radical (unpaired) electrons. The Bertz CT molecular complexity index is 772. The Morgan fingerprint density at radius 3 is 2.25 bits per heavy atom. The largest absolute Gasteiger partial charge is 0.335 e. The molecule has 0 aliphatic heterocycles. The molecule has 0 heterocycles. The van der Waals surface area contributed by atoms with Crippen LogP contribution in [0.15, 0.2) is 59.5 Å². The van der Waals surface area contributed by atoms with E-state index in [9.17, 15) is 13.2 Å². The summed E-state index contributed by atoms with van der Waals surface area (Å²) in [4.78, 5) is 12.2. The number of anilines is 1. The highest BCUT2D eigenvalue weighted by molar-refractivity contribution is 7.90. The molecule has 6 heteroatoms. The standard InChI is InChI=1S/C18H22N2O3S/c1-14(8-9-15-6-4-3-5-7-15)19-18(21)20-16-10-12-17(13-11-16)24(2,22)23/h3-7,10-14H,8-9H2,1-2H3,(H2,19,20,21)/t14-/m1/s1. The second-order valence-electron chi connectivity index (χ2n) is 5.82. The van der Waals surface area contributed by atoms with Crippen LogP contribution < -0.4 is 10.6 Å². The molecule has 24 heavy (non-hydrogen) atoms. The van der Waals surface area contributed by atoms with Gasteiger partial charge in [0.1, 0.15) is 0 Å². The Kier molecular flexibility index (Phi) is 5.98. The lowest BCUT2D eigenvalue weighted by Crippen LogP contribution is -2.36. The predicted molar refractivity (Wildman–Crippen MR) is 95.9 cm³/mol. The summed E-state index contributed by atoms with van der Waals surface area (Å²) in [6.45, 7) is 1.95. The van der Waals surface area contributed by atoms with Crippen molar-refractivity contribution >= 4 is 21.6 Å². The zero-order valence-electron chi connectivity index (χ0n) is 13.8. The van der Waals surface area contributed by atoms with Gasteiger partial charge in [0.25, 0.3) is 0 Å². The smallest absolute Gasteiger partial charge is 0.319 e. The van der Waals surface area contributed by atoms with E-state index in [0.717, 1.165) is 19.1 Å². The summed E-state index contributed by atoms with van der Waals surface area (Å²) < 4.78 is 22.8. The Hall–Kier alpha value is -2.34. The molecule has 1 atom stereocenters. The first-order valence-electron chi connectivity index (χ1n) is 7.76. The summed E-state index contributed by atoms with van der Waals surface area (Å²) in [7, 11) is -3.23. The highest BCUT2D eigenvalue weighted by atomic mass is 32.2. The van der Waals surface area contributed by atoms with Gasteiger partial charge in [-0.1, -0.05) is 30.3 Å². The molecule has 0 fully saturated rings. The van der Waals surface area contributed by atoms with Crippen molar-refractivity contribution in [1.29, 1.82) is 0 Å². The molecule has 128 valence electrons. The molecule has 0 aliphatic carbocycles. The Morgan fingerprint density at radius 1 is 1.04 bits per heavy atom. The number of benzene rings is 2. The van der Waals surface area contributed by atoms with Gasteiger partial charge in [0.05, 0.1) is 4.90 Å². The molecule has 0 saturated heterocycles. The molecule has 0 aliphatic rings. The van der Waals surface area contributed by atoms with Gasteiger partial charge >= 0.3 is 6.03 Å². The summed E-state index contributed by atoms with van der Waals surface area (Å²) >= 11 is 0. The van der Waals surface area contributed by atoms with Gasteiger partial charge in [0.15, 0.2) is 9.84 Å². The number of sulfone groups is 1. The fraction of sp³-hybridized carbons (Fsp3) is 0.278. The highest BCUT2D eigenvalue weighted by Gasteiger charge is 2.09. The fourth-order valence-electron chi connectivity index (χ4n) is 2.28. The normalized spacial score (nSPS) is 12.4. The van der Waals surface area contributed by atoms with Gasteiger partial charge in [0, 0.05) is 18.0 Å². The van der Waals surface area contributed by atoms with Gasteiger partial charge < -0.3 is 10.6 Å². The predicted octanol–water partition coefficient (Wildman–Crippen LogP) is 3.23. The van der Waals surface area contributed by atoms with Crippen LogP contribution in [0.2, 0.25) is 0 Å². The van der Waals surface area contributed by atoms with Crippen LogP contribution in [0.25, 0.3) is 0 Å². The van der Waals surface area contributed by atoms with E-state index < -0.39 is 9.84 Å². The summed E-state index contributed by atoms with van der Waals surface area (Å²) in [6.07, 6.45) is 2.88. The van der Waals surface area contributed by atoms with E-state index in [0.29, 0.717) is 5.69 Å². The zero-order valence-corrected chi connectivity index (χ0v) is 14.6. The van der Waals surface area contributed by atoms with Crippen LogP contribution in [0.3, 0.4) is 0 Å². The number of urea groups is 1. The Balaban J connectivity index is 1.82. The highest BCUT2D eigenvalue weighted by Crippen LogP contribution is 2.14. The number of rotatable bonds is 6. The maximum atomic E-state index is 12.0. The molecule has 2 aromatic carbocycles. The third-order valence-electron chi connectivity index (χ3n) is 3.63. The quantitative estimate of drug-likeness (QED) is 0.843. The topological polar surface area (TPSA) is 75.3 Å². The first-order valence-corrected chi connectivity index (χ1v) is 9.65. The van der Waals surface area contributed by atoms with Crippen LogP contribution in [0, 0.1) is 0 Å². The molecule has 0 saturated carbocycles. The minimum atomic E-state index is -3.23. The molecule has 0 aromatic heterocycles. The summed E-state index contributed by atoms with van der Waals surface area (Å²) in [5, 5.41) is 5.58. The lowest BCUT2D eigenvalue weighted by Gasteiger charge is -2.15. The molecular formula is C18H22N2O3S. The van der Waals surface area contributed by atoms with Crippen molar-refractivity contribution in [2.24, 2.45) is 0 Å². The maximum absolute atomic E-state index is 12.0. The van der Waals surface area contributed by atoms with Crippen molar-refractivity contribution < 1.29 is 13.2 Å². The molecule has 5 nitrogen and oxygen atoms in total. The molecule has 2 rings (SSSR count). The van der Waals surface area contributed by atoms with E-state index in [1.54, 1.807) is 12.1 Å². The number of nitrogens with one attached hydrogen (secondary N) is 2. The average molecular weight is 346 g/mol. The van der Waals surface area contributed by atoms with E-state index in [4.69, 9.17) is 0 Å². The van der Waals surface area contributed by atoms with E-state index in [-0.39, 0.29) is 17.0 Å². The maximum Gasteiger partial charge on any atom is 0.319 e. The van der Waals surface area contributed by atoms with Gasteiger partial charge in [-0.2, -0.15) is 0 Å². The number of hydrogen-bond donors (Lipinski definition) is 2. The van der Waals surface area contributed by atoms with Crippen molar-refractivity contribution in [3.05, 3.63) is 60.2 Å². The van der Waals surface area contributed by atoms with Crippen LogP contribution >= 0.6 is 0 Å². The van der Waals surface area contributed by atoms with Gasteiger partial charge in [-0.25, -0.2) is 13.2 Å². The molecule has 2 aromatic rings. The Morgan fingerprint density at radius 2 is 1.67 bits per heavy atom. The van der Waals surface area contributed by atoms with Crippen molar-refractivity contribution in [1.82, 2.24) is 5.32 Å². The number of carbonyl (C=O) groups excluding carboxylic acids is 1. The van der Waals surface area contributed by atoms with Crippen molar-refractivity contribution in [3.63, 3.8) is 0 Å². The minimum absolute atomic E-state index is 0.0282. The molecule has 0 bridgehead atoms. The van der Waals surface area contributed by atoms with E-state index in [2.05, 4.69) is 22.8 Å². The third kappa shape index (κ3) is 5.70. The van der Waals surface area contributed by atoms with Crippen LogP contribution in [0.5, 0.6) is 0 Å². The zero-order chi connectivity index (χ0) is 17.6. The van der Waals surface area contributed by atoms with Gasteiger partial charge in [-0.3, -0.25) is 0 Å². The number of carbonyl (C=O) groups is 1. The van der Waals surface area contributed by atoms with Crippen LogP contribution in [0.4, 0.5) is 10.5 Å². The van der Waals surface area contributed by atoms with Crippen LogP contribution in [0.1, 0.15) is 18.9 Å². The van der Waals surface area contributed by atoms with Gasteiger partial charge in [0.2, 0.25) is 0 Å². The summed E-state index contributed by atoms with van der Waals surface area (Å²) in [5.74, 6) is 0. The van der Waals surface area contributed by atoms with Crippen LogP contribution in [-0.2, 0) is 16.3 Å². The van der Waals surface area contributed by atoms with E-state index in [1.807, 2.05) is 25.1 Å². The van der Waals surface area contributed by atoms with Crippen LogP contribution in [-0.4, -0.2) is 26.7 Å². The lowest BCUT2D eigenvalue weighted by atomic mass is 10.1. The molecular weight excluding hydrogens is 324 g/mol. The van der Waals surface area contributed by atoms with E-state index in [1.165, 1.54) is 17.7 Å². The first kappa shape index (κ1) is 18.0. The Labute approximate surface area is 143 Å². The summed E-state index contributed by atoms with van der Waals surface area (Å²) in [5.41, 5.74) is 1.79. The van der Waals surface area contributed by atoms with Gasteiger partial charge in [-0.05, 0) is 49.6 Å². The third-order valence-corrected chi connectivity index (χ3v) is 4.76. The number of amides is 2. The van der Waals surface area contributed by atoms with E-state index >= 15 is 0 Å². The van der Waals surface area contributed by atoms with Crippen molar-refractivity contribution in [2.45, 2.75) is 30.7 Å². The van der Waals surface area contributed by atoms with Gasteiger partial charge in [-0.15, -0.1) is 0 Å². The summed E-state index contributed by atoms with van der Waals surface area (Å²) in [6, 6.07) is 15.9. The first-order chi connectivity index (χ1) is 11.3. The molecule has 2 amide bonds. The minimum Gasteiger partial charge on any atom is -0.335 e. The molecule has 2 N–H and O–H groups in total.